The van der Waals surface area contributed by atoms with Crippen LogP contribution in [-0.4, -0.2) is 25.7 Å². The van der Waals surface area contributed by atoms with Gasteiger partial charge in [0, 0.05) is 29.4 Å². The van der Waals surface area contributed by atoms with Crippen LogP contribution >= 0.6 is 11.3 Å². The summed E-state index contributed by atoms with van der Waals surface area (Å²) >= 11 is 1.60. The normalized spacial score (nSPS) is 12.8. The predicted octanol–water partition coefficient (Wildman–Crippen LogP) is 4.48. The van der Waals surface area contributed by atoms with Crippen LogP contribution in [0.25, 0.3) is 11.3 Å². The zero-order valence-corrected chi connectivity index (χ0v) is 19.8. The van der Waals surface area contributed by atoms with Gasteiger partial charge < -0.3 is 15.2 Å². The first-order valence-electron chi connectivity index (χ1n) is 11.1. The van der Waals surface area contributed by atoms with Crippen molar-refractivity contribution in [2.75, 3.05) is 10.6 Å². The molecule has 1 aliphatic rings. The Labute approximate surface area is 200 Å². The molecule has 0 aliphatic heterocycles. The number of fused-ring (bicyclic) bond motifs is 1. The zero-order valence-electron chi connectivity index (χ0n) is 19.0. The molecule has 0 spiro atoms. The van der Waals surface area contributed by atoms with Crippen molar-refractivity contribution in [1.29, 1.82) is 0 Å². The molecule has 5 rings (SSSR count). The third-order valence-electron chi connectivity index (χ3n) is 6.00. The lowest BCUT2D eigenvalue weighted by Crippen LogP contribution is -2.21. The summed E-state index contributed by atoms with van der Waals surface area (Å²) in [5.74, 6) is 0.0895. The van der Waals surface area contributed by atoms with Crippen molar-refractivity contribution in [3.63, 3.8) is 0 Å². The highest BCUT2D eigenvalue weighted by Crippen LogP contribution is 2.32. The Bertz CT molecular complexity index is 1400. The molecule has 0 atom stereocenters. The van der Waals surface area contributed by atoms with Gasteiger partial charge in [-0.1, -0.05) is 12.1 Å². The molecule has 1 aromatic carbocycles. The largest absolute Gasteiger partial charge is 0.334 e. The second-order valence-electron chi connectivity index (χ2n) is 8.35. The molecule has 172 valence electrons. The maximum atomic E-state index is 13.0. The maximum Gasteiger partial charge on any atom is 0.293 e. The first kappa shape index (κ1) is 22.0. The van der Waals surface area contributed by atoms with Gasteiger partial charge in [-0.2, -0.15) is 10.2 Å². The quantitative estimate of drug-likeness (QED) is 0.444. The Kier molecular flexibility index (Phi) is 5.93. The first-order valence-corrected chi connectivity index (χ1v) is 12.0. The number of aromatic nitrogens is 4. The van der Waals surface area contributed by atoms with E-state index in [2.05, 4.69) is 25.8 Å². The summed E-state index contributed by atoms with van der Waals surface area (Å²) in [6.45, 7) is 1.94. The number of carbonyl (C=O) groups is 1. The van der Waals surface area contributed by atoms with Crippen molar-refractivity contribution in [3.8, 4) is 11.3 Å². The topological polar surface area (TPSA) is 102 Å². The molecular weight excluding hydrogens is 448 g/mol. The summed E-state index contributed by atoms with van der Waals surface area (Å²) < 4.78 is 1.49. The molecule has 4 aromatic rings. The summed E-state index contributed by atoms with van der Waals surface area (Å²) in [5.41, 5.74) is 4.71. The van der Waals surface area contributed by atoms with Gasteiger partial charge in [0.05, 0.1) is 28.7 Å². The average molecular weight is 473 g/mol. The standard InChI is InChI=1S/C25H24N6O2S/c1-15-18(20-14-31(2)25(33)23(29-20)28-17-10-11-26-27-13-17)7-5-8-19(15)30-24(32)22-12-16-6-3-4-9-21(16)34-22/h5,7-8,10-14H,3-4,6,9H2,1-2H3,(H,30,32)(H,26,28,29). The van der Waals surface area contributed by atoms with E-state index in [1.807, 2.05) is 31.2 Å². The van der Waals surface area contributed by atoms with Gasteiger partial charge in [0.15, 0.2) is 5.82 Å². The van der Waals surface area contributed by atoms with Crippen molar-refractivity contribution < 1.29 is 4.79 Å². The highest BCUT2D eigenvalue weighted by atomic mass is 32.1. The predicted molar refractivity (Wildman–Crippen MR) is 134 cm³/mol. The maximum absolute atomic E-state index is 13.0. The van der Waals surface area contributed by atoms with Crippen LogP contribution in [0.4, 0.5) is 17.2 Å². The highest BCUT2D eigenvalue weighted by molar-refractivity contribution is 7.14. The van der Waals surface area contributed by atoms with Crippen LogP contribution in [0.5, 0.6) is 0 Å². The molecule has 9 heteroatoms. The molecule has 3 aromatic heterocycles. The van der Waals surface area contributed by atoms with Crippen LogP contribution in [0.1, 0.15) is 38.5 Å². The summed E-state index contributed by atoms with van der Waals surface area (Å²) in [4.78, 5) is 32.3. The second kappa shape index (κ2) is 9.18. The lowest BCUT2D eigenvalue weighted by atomic mass is 9.99. The van der Waals surface area contributed by atoms with Crippen LogP contribution < -0.4 is 16.2 Å². The fourth-order valence-electron chi connectivity index (χ4n) is 4.15. The van der Waals surface area contributed by atoms with E-state index in [1.165, 1.54) is 40.2 Å². The second-order valence-corrected chi connectivity index (χ2v) is 9.48. The van der Waals surface area contributed by atoms with Gasteiger partial charge in [-0.25, -0.2) is 4.98 Å². The van der Waals surface area contributed by atoms with Crippen LogP contribution in [0.15, 0.2) is 53.7 Å². The monoisotopic (exact) mass is 472 g/mol. The zero-order chi connectivity index (χ0) is 23.7. The van der Waals surface area contributed by atoms with E-state index in [-0.39, 0.29) is 17.3 Å². The van der Waals surface area contributed by atoms with E-state index in [1.54, 1.807) is 30.6 Å². The molecule has 3 heterocycles. The molecule has 34 heavy (non-hydrogen) atoms. The number of rotatable bonds is 5. The van der Waals surface area contributed by atoms with Crippen molar-refractivity contribution in [3.05, 3.63) is 80.2 Å². The number of nitrogens with one attached hydrogen (secondary N) is 2. The van der Waals surface area contributed by atoms with Gasteiger partial charge in [0.25, 0.3) is 11.5 Å². The van der Waals surface area contributed by atoms with E-state index in [9.17, 15) is 9.59 Å². The van der Waals surface area contributed by atoms with Crippen LogP contribution in [0.2, 0.25) is 0 Å². The summed E-state index contributed by atoms with van der Waals surface area (Å²) in [6.07, 6.45) is 9.25. The van der Waals surface area contributed by atoms with Gasteiger partial charge in [0.1, 0.15) is 0 Å². The van der Waals surface area contributed by atoms with Crippen molar-refractivity contribution >= 4 is 34.4 Å². The number of hydrogen-bond acceptors (Lipinski definition) is 7. The molecule has 1 amide bonds. The number of amides is 1. The molecule has 0 unspecified atom stereocenters. The number of benzene rings is 1. The molecule has 0 radical (unpaired) electrons. The van der Waals surface area contributed by atoms with E-state index >= 15 is 0 Å². The van der Waals surface area contributed by atoms with E-state index in [0.29, 0.717) is 11.4 Å². The summed E-state index contributed by atoms with van der Waals surface area (Å²) in [5, 5.41) is 13.7. The minimum atomic E-state index is -0.260. The molecule has 1 aliphatic carbocycles. The highest BCUT2D eigenvalue weighted by Gasteiger charge is 2.19. The Morgan fingerprint density at radius 2 is 2.00 bits per heavy atom. The first-order chi connectivity index (χ1) is 16.5. The van der Waals surface area contributed by atoms with Gasteiger partial charge in [0.2, 0.25) is 0 Å². The fraction of sp³-hybridized carbons (Fsp3) is 0.240. The van der Waals surface area contributed by atoms with Gasteiger partial charge in [-0.05, 0) is 61.9 Å². The molecule has 0 saturated heterocycles. The van der Waals surface area contributed by atoms with Gasteiger partial charge >= 0.3 is 0 Å². The van der Waals surface area contributed by atoms with E-state index in [0.717, 1.165) is 34.5 Å². The Hall–Kier alpha value is -3.85. The lowest BCUT2D eigenvalue weighted by molar-refractivity contribution is 0.103. The lowest BCUT2D eigenvalue weighted by Gasteiger charge is -2.14. The minimum Gasteiger partial charge on any atom is -0.334 e. The molecule has 2 N–H and O–H groups in total. The molecule has 0 bridgehead atoms. The van der Waals surface area contributed by atoms with Crippen LogP contribution in [-0.2, 0) is 19.9 Å². The molecule has 0 saturated carbocycles. The van der Waals surface area contributed by atoms with Crippen molar-refractivity contribution in [2.45, 2.75) is 32.6 Å². The summed E-state index contributed by atoms with van der Waals surface area (Å²) in [7, 11) is 1.68. The number of hydrogen-bond donors (Lipinski definition) is 2. The third-order valence-corrected chi connectivity index (χ3v) is 7.23. The Morgan fingerprint density at radius 3 is 2.79 bits per heavy atom. The van der Waals surface area contributed by atoms with Crippen LogP contribution in [0.3, 0.4) is 0 Å². The fourth-order valence-corrected chi connectivity index (χ4v) is 5.30. The average Bonchev–Trinajstić information content (AvgIpc) is 3.28. The SMILES string of the molecule is Cc1c(NC(=O)c2cc3c(s2)CCCC3)cccc1-c1cn(C)c(=O)c(Nc2ccnnc2)n1. The smallest absolute Gasteiger partial charge is 0.293 e. The van der Waals surface area contributed by atoms with Crippen LogP contribution in [0, 0.1) is 6.92 Å². The number of carbonyl (C=O) groups excluding carboxylic acids is 1. The summed E-state index contributed by atoms with van der Waals surface area (Å²) in [6, 6.07) is 9.44. The number of nitrogens with zero attached hydrogens (tertiary/aromatic N) is 4. The van der Waals surface area contributed by atoms with Gasteiger partial charge in [-0.15, -0.1) is 11.3 Å². The Balaban J connectivity index is 1.45. The minimum absolute atomic E-state index is 0.0967. The van der Waals surface area contributed by atoms with Crippen molar-refractivity contribution in [1.82, 2.24) is 19.7 Å². The number of anilines is 3. The molecule has 8 nitrogen and oxygen atoms in total. The Morgan fingerprint density at radius 1 is 1.15 bits per heavy atom. The number of aryl methyl sites for hydroxylation is 3. The van der Waals surface area contributed by atoms with E-state index < -0.39 is 0 Å². The molecule has 0 fully saturated rings. The number of thiophene rings is 1. The molecular formula is C25H24N6O2S. The third kappa shape index (κ3) is 4.34. The van der Waals surface area contributed by atoms with Gasteiger partial charge in [-0.3, -0.25) is 9.59 Å². The van der Waals surface area contributed by atoms with E-state index in [4.69, 9.17) is 0 Å². The van der Waals surface area contributed by atoms with Crippen molar-refractivity contribution in [2.24, 2.45) is 7.05 Å².